The fourth-order valence-electron chi connectivity index (χ4n) is 3.65. The van der Waals surface area contributed by atoms with Crippen LogP contribution in [-0.4, -0.2) is 48.4 Å². The number of likely N-dealkylation sites (tertiary alicyclic amines) is 1. The van der Waals surface area contributed by atoms with Crippen molar-refractivity contribution in [2.24, 2.45) is 0 Å². The minimum absolute atomic E-state index is 0.119. The van der Waals surface area contributed by atoms with Gasteiger partial charge < -0.3 is 9.80 Å². The van der Waals surface area contributed by atoms with Crippen LogP contribution in [0, 0.1) is 0 Å². The molecule has 2 fully saturated rings. The lowest BCUT2D eigenvalue weighted by molar-refractivity contribution is -0.133. The summed E-state index contributed by atoms with van der Waals surface area (Å²) in [6, 6.07) is 7.39. The van der Waals surface area contributed by atoms with E-state index in [0.717, 1.165) is 25.1 Å². The van der Waals surface area contributed by atoms with Gasteiger partial charge in [0.2, 0.25) is 5.91 Å². The molecule has 0 N–H and O–H groups in total. The number of hydrogen-bond acceptors (Lipinski definition) is 3. The second kappa shape index (κ2) is 7.32. The van der Waals surface area contributed by atoms with E-state index in [-0.39, 0.29) is 17.7 Å². The Morgan fingerprint density at radius 1 is 1.08 bits per heavy atom. The zero-order valence-corrected chi connectivity index (χ0v) is 14.2. The first-order chi connectivity index (χ1) is 11.6. The Balaban J connectivity index is 1.71. The van der Waals surface area contributed by atoms with E-state index in [1.807, 2.05) is 36.1 Å². The summed E-state index contributed by atoms with van der Waals surface area (Å²) in [7, 11) is 0. The van der Waals surface area contributed by atoms with Crippen molar-refractivity contribution in [3.05, 3.63) is 29.8 Å². The van der Waals surface area contributed by atoms with Gasteiger partial charge in [-0.3, -0.25) is 9.59 Å². The average Bonchev–Trinajstić information content (AvgIpc) is 3.11. The summed E-state index contributed by atoms with van der Waals surface area (Å²) in [5.74, 6) is 0.248. The van der Waals surface area contributed by atoms with Crippen molar-refractivity contribution in [2.75, 3.05) is 24.5 Å². The first-order valence-corrected chi connectivity index (χ1v) is 8.93. The maximum Gasteiger partial charge on any atom is 0.245 e. The second-order valence-corrected chi connectivity index (χ2v) is 6.67. The van der Waals surface area contributed by atoms with Crippen molar-refractivity contribution in [2.45, 2.75) is 51.2 Å². The normalized spacial score (nSPS) is 22.0. The number of rotatable bonds is 4. The van der Waals surface area contributed by atoms with Gasteiger partial charge in [0.05, 0.1) is 0 Å². The Hall–Kier alpha value is -1.91. The minimum atomic E-state index is -0.766. The van der Waals surface area contributed by atoms with E-state index in [9.17, 15) is 14.0 Å². The Morgan fingerprint density at radius 3 is 2.38 bits per heavy atom. The van der Waals surface area contributed by atoms with Crippen LogP contribution in [0.2, 0.25) is 0 Å². The number of halogens is 1. The molecule has 2 aliphatic rings. The molecular weight excluding hydrogens is 307 g/mol. The molecule has 24 heavy (non-hydrogen) atoms. The van der Waals surface area contributed by atoms with Gasteiger partial charge in [0.25, 0.3) is 0 Å². The highest BCUT2D eigenvalue weighted by Gasteiger charge is 2.35. The van der Waals surface area contributed by atoms with Crippen LogP contribution < -0.4 is 4.90 Å². The van der Waals surface area contributed by atoms with Gasteiger partial charge in [0, 0.05) is 37.3 Å². The largest absolute Gasteiger partial charge is 0.360 e. The summed E-state index contributed by atoms with van der Waals surface area (Å²) in [4.78, 5) is 28.5. The summed E-state index contributed by atoms with van der Waals surface area (Å²) in [5, 5.41) is 0. The number of Topliss-reactive ketones (excluding diaryl/α,β-unsaturated/α-hetero) is 1. The number of ketones is 1. The first-order valence-electron chi connectivity index (χ1n) is 8.93. The van der Waals surface area contributed by atoms with E-state index in [0.29, 0.717) is 37.9 Å². The molecule has 0 saturated carbocycles. The molecule has 2 aliphatic heterocycles. The van der Waals surface area contributed by atoms with Gasteiger partial charge >= 0.3 is 0 Å². The van der Waals surface area contributed by atoms with Crippen molar-refractivity contribution in [1.29, 1.82) is 0 Å². The van der Waals surface area contributed by atoms with Crippen molar-refractivity contribution in [3.63, 3.8) is 0 Å². The van der Waals surface area contributed by atoms with Crippen molar-refractivity contribution >= 4 is 17.4 Å². The standard InChI is InChI=1S/C19H25FN2O2/c1-2-18(23)14-5-7-16(8-6-14)22-11-3-4-17(22)19(24)21-12-9-15(20)10-13-21/h5-8,15,17H,2-4,9-13H2,1H3/t17-/m1/s1. The van der Waals surface area contributed by atoms with Gasteiger partial charge in [-0.2, -0.15) is 0 Å². The van der Waals surface area contributed by atoms with E-state index in [1.165, 1.54) is 0 Å². The quantitative estimate of drug-likeness (QED) is 0.795. The molecule has 1 atom stereocenters. The Labute approximate surface area is 142 Å². The summed E-state index contributed by atoms with van der Waals surface area (Å²) in [6.45, 7) is 3.74. The summed E-state index contributed by atoms with van der Waals surface area (Å²) >= 11 is 0. The SMILES string of the molecule is CCC(=O)c1ccc(N2CCC[C@@H]2C(=O)N2CCC(F)CC2)cc1. The summed E-state index contributed by atoms with van der Waals surface area (Å²) in [6.07, 6.45) is 2.44. The molecule has 4 nitrogen and oxygen atoms in total. The lowest BCUT2D eigenvalue weighted by Gasteiger charge is -2.34. The number of nitrogens with zero attached hydrogens (tertiary/aromatic N) is 2. The van der Waals surface area contributed by atoms with Crippen LogP contribution in [0.3, 0.4) is 0 Å². The zero-order chi connectivity index (χ0) is 17.1. The van der Waals surface area contributed by atoms with E-state index < -0.39 is 6.17 Å². The lowest BCUT2D eigenvalue weighted by Crippen LogP contribution is -2.48. The molecule has 1 aromatic rings. The number of amides is 1. The molecule has 0 aliphatic carbocycles. The molecule has 0 bridgehead atoms. The van der Waals surface area contributed by atoms with Crippen LogP contribution >= 0.6 is 0 Å². The van der Waals surface area contributed by atoms with E-state index in [1.54, 1.807) is 0 Å². The van der Waals surface area contributed by atoms with Crippen molar-refractivity contribution in [3.8, 4) is 0 Å². The van der Waals surface area contributed by atoms with Gasteiger partial charge in [-0.05, 0) is 49.9 Å². The third-order valence-corrected chi connectivity index (χ3v) is 5.12. The predicted molar refractivity (Wildman–Crippen MR) is 92.1 cm³/mol. The van der Waals surface area contributed by atoms with Crippen LogP contribution in [-0.2, 0) is 4.79 Å². The van der Waals surface area contributed by atoms with E-state index >= 15 is 0 Å². The molecule has 0 unspecified atom stereocenters. The third-order valence-electron chi connectivity index (χ3n) is 5.12. The molecule has 1 amide bonds. The monoisotopic (exact) mass is 332 g/mol. The zero-order valence-electron chi connectivity index (χ0n) is 14.2. The Morgan fingerprint density at radius 2 is 1.75 bits per heavy atom. The smallest absolute Gasteiger partial charge is 0.245 e. The fraction of sp³-hybridized carbons (Fsp3) is 0.579. The number of piperidine rings is 1. The average molecular weight is 332 g/mol. The number of benzene rings is 1. The van der Waals surface area contributed by atoms with Gasteiger partial charge in [0.1, 0.15) is 12.2 Å². The molecule has 5 heteroatoms. The fourth-order valence-corrected chi connectivity index (χ4v) is 3.65. The molecule has 0 radical (unpaired) electrons. The number of carbonyl (C=O) groups excluding carboxylic acids is 2. The molecule has 130 valence electrons. The first kappa shape index (κ1) is 16.9. The molecule has 3 rings (SSSR count). The topological polar surface area (TPSA) is 40.6 Å². The number of anilines is 1. The summed E-state index contributed by atoms with van der Waals surface area (Å²) < 4.78 is 13.3. The van der Waals surface area contributed by atoms with Gasteiger partial charge in [0.15, 0.2) is 5.78 Å². The van der Waals surface area contributed by atoms with Crippen molar-refractivity contribution in [1.82, 2.24) is 4.90 Å². The predicted octanol–water partition coefficient (Wildman–Crippen LogP) is 3.21. The van der Waals surface area contributed by atoms with Crippen LogP contribution in [0.4, 0.5) is 10.1 Å². The molecule has 0 aromatic heterocycles. The van der Waals surface area contributed by atoms with Crippen molar-refractivity contribution < 1.29 is 14.0 Å². The highest BCUT2D eigenvalue weighted by atomic mass is 19.1. The van der Waals surface area contributed by atoms with Gasteiger partial charge in [-0.1, -0.05) is 6.92 Å². The third kappa shape index (κ3) is 3.45. The highest BCUT2D eigenvalue weighted by Crippen LogP contribution is 2.28. The van der Waals surface area contributed by atoms with Crippen LogP contribution in [0.25, 0.3) is 0 Å². The van der Waals surface area contributed by atoms with Crippen LogP contribution in [0.5, 0.6) is 0 Å². The number of alkyl halides is 1. The summed E-state index contributed by atoms with van der Waals surface area (Å²) in [5.41, 5.74) is 1.70. The van der Waals surface area contributed by atoms with Crippen LogP contribution in [0.15, 0.2) is 24.3 Å². The maximum absolute atomic E-state index is 13.3. The molecule has 0 spiro atoms. The molecular formula is C19H25FN2O2. The minimum Gasteiger partial charge on any atom is -0.360 e. The van der Waals surface area contributed by atoms with Gasteiger partial charge in [-0.25, -0.2) is 4.39 Å². The molecule has 2 heterocycles. The van der Waals surface area contributed by atoms with Crippen LogP contribution in [0.1, 0.15) is 49.4 Å². The van der Waals surface area contributed by atoms with E-state index in [4.69, 9.17) is 0 Å². The lowest BCUT2D eigenvalue weighted by atomic mass is 10.1. The second-order valence-electron chi connectivity index (χ2n) is 6.67. The van der Waals surface area contributed by atoms with Gasteiger partial charge in [-0.15, -0.1) is 0 Å². The maximum atomic E-state index is 13.3. The number of hydrogen-bond donors (Lipinski definition) is 0. The molecule has 2 saturated heterocycles. The Kier molecular flexibility index (Phi) is 5.17. The Bertz CT molecular complexity index is 594. The molecule has 1 aromatic carbocycles. The highest BCUT2D eigenvalue weighted by molar-refractivity contribution is 5.96. The van der Waals surface area contributed by atoms with E-state index in [2.05, 4.69) is 4.90 Å². The number of carbonyl (C=O) groups is 2.